The SMILES string of the molecule is C[C@]12CCC(=O)CC1CC[C@@H]1[C@H]2CC[C@@]2(C)[C@H]1CCC2(O)C(F)(F)C(F)(F)F. The van der Waals surface area contributed by atoms with Crippen molar-refractivity contribution in [3.8, 4) is 0 Å². The van der Waals surface area contributed by atoms with Gasteiger partial charge in [-0.3, -0.25) is 4.79 Å². The van der Waals surface area contributed by atoms with Crippen LogP contribution in [-0.2, 0) is 4.79 Å². The Kier molecular flexibility index (Phi) is 4.34. The third-order valence-electron chi connectivity index (χ3n) is 9.51. The fraction of sp³-hybridized carbons (Fsp3) is 0.952. The van der Waals surface area contributed by atoms with Gasteiger partial charge < -0.3 is 5.11 Å². The molecule has 160 valence electrons. The minimum Gasteiger partial charge on any atom is -0.383 e. The number of hydrogen-bond donors (Lipinski definition) is 1. The van der Waals surface area contributed by atoms with Gasteiger partial charge in [0.05, 0.1) is 0 Å². The van der Waals surface area contributed by atoms with E-state index in [1.165, 1.54) is 6.92 Å². The van der Waals surface area contributed by atoms with Crippen LogP contribution in [0.25, 0.3) is 0 Å². The van der Waals surface area contributed by atoms with E-state index in [4.69, 9.17) is 0 Å². The molecular weight excluding hydrogens is 379 g/mol. The molecule has 0 aromatic carbocycles. The zero-order valence-corrected chi connectivity index (χ0v) is 16.4. The van der Waals surface area contributed by atoms with Crippen molar-refractivity contribution < 1.29 is 31.9 Å². The van der Waals surface area contributed by atoms with E-state index in [0.29, 0.717) is 19.3 Å². The average molecular weight is 408 g/mol. The highest BCUT2D eigenvalue weighted by Gasteiger charge is 2.79. The van der Waals surface area contributed by atoms with E-state index < -0.39 is 29.5 Å². The van der Waals surface area contributed by atoms with Crippen molar-refractivity contribution in [2.24, 2.45) is 34.5 Å². The maximum atomic E-state index is 14.4. The minimum atomic E-state index is -5.76. The molecule has 4 saturated carbocycles. The smallest absolute Gasteiger partial charge is 0.383 e. The van der Waals surface area contributed by atoms with E-state index in [0.717, 1.165) is 19.3 Å². The predicted octanol–water partition coefficient (Wildman–Crippen LogP) is 5.53. The van der Waals surface area contributed by atoms with Gasteiger partial charge in [-0.05, 0) is 74.0 Å². The van der Waals surface area contributed by atoms with Crippen LogP contribution in [0.1, 0.15) is 71.6 Å². The quantitative estimate of drug-likeness (QED) is 0.580. The van der Waals surface area contributed by atoms with Crippen molar-refractivity contribution in [3.63, 3.8) is 0 Å². The van der Waals surface area contributed by atoms with Crippen LogP contribution in [-0.4, -0.2) is 28.6 Å². The number of hydrogen-bond acceptors (Lipinski definition) is 2. The third kappa shape index (κ3) is 2.37. The number of carbonyl (C=O) groups excluding carboxylic acids is 1. The summed E-state index contributed by atoms with van der Waals surface area (Å²) in [4.78, 5) is 11.9. The molecule has 2 unspecified atom stereocenters. The summed E-state index contributed by atoms with van der Waals surface area (Å²) in [6, 6.07) is 0. The Morgan fingerprint density at radius 1 is 0.929 bits per heavy atom. The van der Waals surface area contributed by atoms with Crippen LogP contribution in [0.5, 0.6) is 0 Å². The van der Waals surface area contributed by atoms with Crippen molar-refractivity contribution in [1.82, 2.24) is 0 Å². The van der Waals surface area contributed by atoms with Crippen molar-refractivity contribution in [2.75, 3.05) is 0 Å². The van der Waals surface area contributed by atoms with Gasteiger partial charge in [-0.25, -0.2) is 0 Å². The summed E-state index contributed by atoms with van der Waals surface area (Å²) >= 11 is 0. The standard InChI is InChI=1S/C21H29F5O2/c1-17-8-5-13(27)11-12(17)3-4-14-15(17)6-9-18(2)16(14)7-10-19(18,28)20(22,23)21(24,25)26/h12,14-16,28H,3-11H2,1-2H3/t12?,14-,15-,16+,17+,18+,19?/m1/s1. The monoisotopic (exact) mass is 408 g/mol. The molecule has 0 aromatic rings. The maximum Gasteiger partial charge on any atom is 0.456 e. The molecule has 0 aromatic heterocycles. The van der Waals surface area contributed by atoms with Gasteiger partial charge in [-0.15, -0.1) is 0 Å². The molecule has 7 atom stereocenters. The Labute approximate surface area is 162 Å². The van der Waals surface area contributed by atoms with Crippen molar-refractivity contribution in [2.45, 2.75) is 89.3 Å². The maximum absolute atomic E-state index is 14.4. The molecule has 4 fully saturated rings. The Bertz CT molecular complexity index is 676. The van der Waals surface area contributed by atoms with E-state index in [1.807, 2.05) is 0 Å². The van der Waals surface area contributed by atoms with Gasteiger partial charge in [0, 0.05) is 18.3 Å². The van der Waals surface area contributed by atoms with E-state index in [9.17, 15) is 31.9 Å². The Morgan fingerprint density at radius 2 is 1.57 bits per heavy atom. The van der Waals surface area contributed by atoms with E-state index >= 15 is 0 Å². The molecule has 28 heavy (non-hydrogen) atoms. The topological polar surface area (TPSA) is 37.3 Å². The van der Waals surface area contributed by atoms with Crippen molar-refractivity contribution in [1.29, 1.82) is 0 Å². The van der Waals surface area contributed by atoms with Gasteiger partial charge in [0.25, 0.3) is 0 Å². The first-order chi connectivity index (χ1) is 12.8. The predicted molar refractivity (Wildman–Crippen MR) is 92.7 cm³/mol. The number of ketones is 1. The molecule has 7 heteroatoms. The molecule has 4 rings (SSSR count). The highest BCUT2D eigenvalue weighted by atomic mass is 19.4. The summed E-state index contributed by atoms with van der Waals surface area (Å²) < 4.78 is 68.4. The van der Waals surface area contributed by atoms with Crippen LogP contribution < -0.4 is 0 Å². The normalized spacial score (nSPS) is 49.4. The van der Waals surface area contributed by atoms with Crippen LogP contribution in [0, 0.1) is 34.5 Å². The fourth-order valence-electron chi connectivity index (χ4n) is 7.81. The second kappa shape index (κ2) is 5.92. The zero-order valence-electron chi connectivity index (χ0n) is 16.4. The Balaban J connectivity index is 1.67. The Hall–Kier alpha value is -0.720. The number of alkyl halides is 5. The first-order valence-electron chi connectivity index (χ1n) is 10.5. The summed E-state index contributed by atoms with van der Waals surface area (Å²) in [6.07, 6.45) is -1.87. The van der Waals surface area contributed by atoms with Crippen LogP contribution >= 0.6 is 0 Å². The molecule has 0 heterocycles. The van der Waals surface area contributed by atoms with Gasteiger partial charge in [-0.2, -0.15) is 22.0 Å². The lowest BCUT2D eigenvalue weighted by atomic mass is 9.44. The summed E-state index contributed by atoms with van der Waals surface area (Å²) in [6.45, 7) is 3.65. The first kappa shape index (κ1) is 20.5. The van der Waals surface area contributed by atoms with Crippen LogP contribution in [0.2, 0.25) is 0 Å². The van der Waals surface area contributed by atoms with Crippen molar-refractivity contribution in [3.05, 3.63) is 0 Å². The van der Waals surface area contributed by atoms with Gasteiger partial charge in [0.2, 0.25) is 0 Å². The highest BCUT2D eigenvalue weighted by molar-refractivity contribution is 5.79. The number of aliphatic hydroxyl groups is 1. The molecule has 4 aliphatic carbocycles. The van der Waals surface area contributed by atoms with E-state index in [1.54, 1.807) is 0 Å². The summed E-state index contributed by atoms with van der Waals surface area (Å²) in [7, 11) is 0. The average Bonchev–Trinajstić information content (AvgIpc) is 2.87. The van der Waals surface area contributed by atoms with Crippen LogP contribution in [0.3, 0.4) is 0 Å². The van der Waals surface area contributed by atoms with Crippen LogP contribution in [0.15, 0.2) is 0 Å². The molecule has 0 spiro atoms. The molecule has 2 nitrogen and oxygen atoms in total. The number of halogens is 5. The third-order valence-corrected chi connectivity index (χ3v) is 9.51. The second-order valence-electron chi connectivity index (χ2n) is 10.3. The molecule has 4 aliphatic rings. The minimum absolute atomic E-state index is 0.0475. The lowest BCUT2D eigenvalue weighted by Gasteiger charge is -2.61. The molecule has 0 amide bonds. The molecule has 0 aliphatic heterocycles. The van der Waals surface area contributed by atoms with Crippen LogP contribution in [0.4, 0.5) is 22.0 Å². The van der Waals surface area contributed by atoms with Gasteiger partial charge in [0.1, 0.15) is 11.4 Å². The lowest BCUT2D eigenvalue weighted by molar-refractivity contribution is -0.364. The van der Waals surface area contributed by atoms with Gasteiger partial charge >= 0.3 is 12.1 Å². The summed E-state index contributed by atoms with van der Waals surface area (Å²) in [5, 5.41) is 10.8. The lowest BCUT2D eigenvalue weighted by Crippen LogP contribution is -2.65. The van der Waals surface area contributed by atoms with Gasteiger partial charge in [-0.1, -0.05) is 13.8 Å². The zero-order chi connectivity index (χ0) is 20.8. The van der Waals surface area contributed by atoms with E-state index in [-0.39, 0.29) is 47.7 Å². The second-order valence-corrected chi connectivity index (χ2v) is 10.3. The van der Waals surface area contributed by atoms with E-state index in [2.05, 4.69) is 6.92 Å². The number of Topliss-reactive ketones (excluding diaryl/α,β-unsaturated/α-hetero) is 1. The fourth-order valence-corrected chi connectivity index (χ4v) is 7.81. The first-order valence-corrected chi connectivity index (χ1v) is 10.5. The number of rotatable bonds is 1. The molecule has 0 radical (unpaired) electrons. The molecule has 0 saturated heterocycles. The number of carbonyl (C=O) groups is 1. The summed E-state index contributed by atoms with van der Waals surface area (Å²) in [5.74, 6) is -4.60. The molecular formula is C21H29F5O2. The van der Waals surface area contributed by atoms with Gasteiger partial charge in [0.15, 0.2) is 0 Å². The number of fused-ring (bicyclic) bond motifs is 5. The summed E-state index contributed by atoms with van der Waals surface area (Å²) in [5.41, 5.74) is -4.54. The highest BCUT2D eigenvalue weighted by Crippen LogP contribution is 2.71. The largest absolute Gasteiger partial charge is 0.456 e. The van der Waals surface area contributed by atoms with Crippen molar-refractivity contribution >= 4 is 5.78 Å². The molecule has 0 bridgehead atoms. The molecule has 1 N–H and O–H groups in total. The Morgan fingerprint density at radius 3 is 2.21 bits per heavy atom.